The summed E-state index contributed by atoms with van der Waals surface area (Å²) in [6.45, 7) is 4.52. The van der Waals surface area contributed by atoms with Crippen LogP contribution in [0.25, 0.3) is 0 Å². The summed E-state index contributed by atoms with van der Waals surface area (Å²) in [6.07, 6.45) is 27.8. The van der Waals surface area contributed by atoms with Crippen LogP contribution in [-0.4, -0.2) is 13.2 Å². The van der Waals surface area contributed by atoms with Gasteiger partial charge < -0.3 is 4.74 Å². The lowest BCUT2D eigenvalue weighted by Gasteiger charge is -2.14. The second-order valence-electron chi connectivity index (χ2n) is 6.65. The number of ether oxygens (including phenoxy) is 1. The van der Waals surface area contributed by atoms with E-state index in [1.807, 2.05) is 7.11 Å². The Labute approximate surface area is 146 Å². The second-order valence-corrected chi connectivity index (χ2v) is 6.65. The van der Waals surface area contributed by atoms with Crippen molar-refractivity contribution >= 4 is 0 Å². The summed E-state index contributed by atoms with van der Waals surface area (Å²) in [5, 5.41) is 0. The van der Waals surface area contributed by atoms with E-state index in [1.165, 1.54) is 89.9 Å². The van der Waals surface area contributed by atoms with E-state index in [0.29, 0.717) is 6.10 Å². The SMILES string of the molecule is CCCCC/C=C\CCCC(CCC/C=C\CCCCC)OC. The third kappa shape index (κ3) is 17.6. The lowest BCUT2D eigenvalue weighted by molar-refractivity contribution is 0.0849. The van der Waals surface area contributed by atoms with Crippen molar-refractivity contribution in [3.05, 3.63) is 24.3 Å². The van der Waals surface area contributed by atoms with Crippen LogP contribution < -0.4 is 0 Å². The minimum absolute atomic E-state index is 0.456. The highest BCUT2D eigenvalue weighted by Crippen LogP contribution is 2.13. The smallest absolute Gasteiger partial charge is 0.0571 e. The molecule has 0 rings (SSSR count). The van der Waals surface area contributed by atoms with Crippen molar-refractivity contribution in [1.29, 1.82) is 0 Å². The minimum atomic E-state index is 0.456. The van der Waals surface area contributed by atoms with Crippen molar-refractivity contribution in [3.8, 4) is 0 Å². The number of hydrogen-bond acceptors (Lipinski definition) is 1. The predicted molar refractivity (Wildman–Crippen MR) is 105 cm³/mol. The molecule has 0 saturated heterocycles. The van der Waals surface area contributed by atoms with Gasteiger partial charge in [0, 0.05) is 7.11 Å². The molecule has 0 atom stereocenters. The first-order chi connectivity index (χ1) is 11.3. The van der Waals surface area contributed by atoms with Crippen molar-refractivity contribution in [2.75, 3.05) is 7.11 Å². The van der Waals surface area contributed by atoms with Crippen molar-refractivity contribution in [2.24, 2.45) is 0 Å². The van der Waals surface area contributed by atoms with E-state index in [-0.39, 0.29) is 0 Å². The van der Waals surface area contributed by atoms with Crippen molar-refractivity contribution in [2.45, 2.75) is 110 Å². The minimum Gasteiger partial charge on any atom is -0.381 e. The van der Waals surface area contributed by atoms with Gasteiger partial charge in [0.1, 0.15) is 0 Å². The largest absolute Gasteiger partial charge is 0.381 e. The van der Waals surface area contributed by atoms with Gasteiger partial charge in [-0.1, -0.05) is 63.8 Å². The maximum Gasteiger partial charge on any atom is 0.0571 e. The summed E-state index contributed by atoms with van der Waals surface area (Å²) in [7, 11) is 1.87. The van der Waals surface area contributed by atoms with Crippen LogP contribution in [0, 0.1) is 0 Å². The zero-order chi connectivity index (χ0) is 17.0. The van der Waals surface area contributed by atoms with Crippen molar-refractivity contribution in [3.63, 3.8) is 0 Å². The molecule has 0 unspecified atom stereocenters. The Morgan fingerprint density at radius 1 is 0.609 bits per heavy atom. The molecule has 0 aliphatic carbocycles. The standard InChI is InChI=1S/C22H42O/c1-4-6-8-10-12-14-16-18-20-22(23-3)21-19-17-15-13-11-9-7-5-2/h12-15,22H,4-11,16-21H2,1-3H3/b14-12-,15-13-. The molecule has 23 heavy (non-hydrogen) atoms. The maximum absolute atomic E-state index is 5.62. The molecule has 0 fully saturated rings. The van der Waals surface area contributed by atoms with E-state index in [0.717, 1.165) is 0 Å². The molecular weight excluding hydrogens is 280 g/mol. The lowest BCUT2D eigenvalue weighted by Crippen LogP contribution is -2.09. The van der Waals surface area contributed by atoms with Crippen LogP contribution in [0.2, 0.25) is 0 Å². The molecule has 0 aromatic heterocycles. The zero-order valence-corrected chi connectivity index (χ0v) is 16.2. The fraction of sp³-hybridized carbons (Fsp3) is 0.818. The molecule has 0 bridgehead atoms. The van der Waals surface area contributed by atoms with Gasteiger partial charge in [0.25, 0.3) is 0 Å². The molecule has 0 spiro atoms. The fourth-order valence-electron chi connectivity index (χ4n) is 2.80. The summed E-state index contributed by atoms with van der Waals surface area (Å²) in [6, 6.07) is 0. The molecule has 136 valence electrons. The van der Waals surface area contributed by atoms with E-state index in [2.05, 4.69) is 38.2 Å². The molecule has 1 heteroatoms. The normalized spacial score (nSPS) is 12.2. The van der Waals surface area contributed by atoms with E-state index >= 15 is 0 Å². The molecule has 0 aromatic rings. The molecule has 0 aromatic carbocycles. The van der Waals surface area contributed by atoms with Crippen LogP contribution in [0.5, 0.6) is 0 Å². The van der Waals surface area contributed by atoms with Gasteiger partial charge in [-0.3, -0.25) is 0 Å². The summed E-state index contributed by atoms with van der Waals surface area (Å²) < 4.78 is 5.62. The summed E-state index contributed by atoms with van der Waals surface area (Å²) in [5.74, 6) is 0. The average Bonchev–Trinajstić information content (AvgIpc) is 2.57. The van der Waals surface area contributed by atoms with Gasteiger partial charge >= 0.3 is 0 Å². The first-order valence-electron chi connectivity index (χ1n) is 10.2. The second kappa shape index (κ2) is 19.5. The molecule has 1 nitrogen and oxygen atoms in total. The van der Waals surface area contributed by atoms with Crippen LogP contribution in [0.4, 0.5) is 0 Å². The summed E-state index contributed by atoms with van der Waals surface area (Å²) in [4.78, 5) is 0. The molecule has 0 radical (unpaired) electrons. The number of unbranched alkanes of at least 4 members (excludes halogenated alkanes) is 8. The third-order valence-corrected chi connectivity index (χ3v) is 4.41. The van der Waals surface area contributed by atoms with Crippen molar-refractivity contribution in [1.82, 2.24) is 0 Å². The first kappa shape index (κ1) is 22.4. The Morgan fingerprint density at radius 3 is 1.35 bits per heavy atom. The Kier molecular flexibility index (Phi) is 19.0. The van der Waals surface area contributed by atoms with Gasteiger partial charge in [-0.15, -0.1) is 0 Å². The molecule has 0 N–H and O–H groups in total. The van der Waals surface area contributed by atoms with Gasteiger partial charge in [0.15, 0.2) is 0 Å². The molecule has 0 aliphatic heterocycles. The predicted octanol–water partition coefficient (Wildman–Crippen LogP) is 7.62. The number of allylic oxidation sites excluding steroid dienone is 4. The quantitative estimate of drug-likeness (QED) is 0.198. The Morgan fingerprint density at radius 2 is 1.00 bits per heavy atom. The van der Waals surface area contributed by atoms with Gasteiger partial charge in [-0.25, -0.2) is 0 Å². The first-order valence-corrected chi connectivity index (χ1v) is 10.2. The maximum atomic E-state index is 5.62. The van der Waals surface area contributed by atoms with Gasteiger partial charge in [-0.2, -0.15) is 0 Å². The fourth-order valence-corrected chi connectivity index (χ4v) is 2.80. The topological polar surface area (TPSA) is 9.23 Å². The van der Waals surface area contributed by atoms with Crippen molar-refractivity contribution < 1.29 is 4.74 Å². The number of hydrogen-bond donors (Lipinski definition) is 0. The van der Waals surface area contributed by atoms with Crippen LogP contribution in [-0.2, 0) is 4.74 Å². The highest BCUT2D eigenvalue weighted by atomic mass is 16.5. The molecule has 0 aliphatic rings. The van der Waals surface area contributed by atoms with E-state index in [4.69, 9.17) is 4.74 Å². The zero-order valence-electron chi connectivity index (χ0n) is 16.2. The van der Waals surface area contributed by atoms with Gasteiger partial charge in [0.05, 0.1) is 6.10 Å². The number of rotatable bonds is 17. The lowest BCUT2D eigenvalue weighted by atomic mass is 10.0. The monoisotopic (exact) mass is 322 g/mol. The highest BCUT2D eigenvalue weighted by molar-refractivity contribution is 4.83. The van der Waals surface area contributed by atoms with Crippen LogP contribution in [0.3, 0.4) is 0 Å². The van der Waals surface area contributed by atoms with E-state index in [9.17, 15) is 0 Å². The average molecular weight is 323 g/mol. The Balaban J connectivity index is 3.48. The van der Waals surface area contributed by atoms with Crippen LogP contribution in [0.1, 0.15) is 104 Å². The van der Waals surface area contributed by atoms with Crippen LogP contribution >= 0.6 is 0 Å². The van der Waals surface area contributed by atoms with Crippen LogP contribution in [0.15, 0.2) is 24.3 Å². The number of methoxy groups -OCH3 is 1. The molecule has 0 heterocycles. The Hall–Kier alpha value is -0.560. The van der Waals surface area contributed by atoms with Gasteiger partial charge in [0.2, 0.25) is 0 Å². The third-order valence-electron chi connectivity index (χ3n) is 4.41. The molecule has 0 amide bonds. The van der Waals surface area contributed by atoms with E-state index in [1.54, 1.807) is 0 Å². The van der Waals surface area contributed by atoms with Gasteiger partial charge in [-0.05, 0) is 64.2 Å². The summed E-state index contributed by atoms with van der Waals surface area (Å²) in [5.41, 5.74) is 0. The summed E-state index contributed by atoms with van der Waals surface area (Å²) >= 11 is 0. The molecule has 0 saturated carbocycles. The highest BCUT2D eigenvalue weighted by Gasteiger charge is 2.05. The van der Waals surface area contributed by atoms with E-state index < -0.39 is 0 Å². The molecular formula is C22H42O. The Bertz CT molecular complexity index is 241.